The lowest BCUT2D eigenvalue weighted by Gasteiger charge is -2.16. The number of carbonyl (C=O) groups excluding carboxylic acids is 1. The van der Waals surface area contributed by atoms with Gasteiger partial charge in [-0.15, -0.1) is 0 Å². The van der Waals surface area contributed by atoms with E-state index in [-0.39, 0.29) is 23.1 Å². The van der Waals surface area contributed by atoms with Gasteiger partial charge < -0.3 is 10.1 Å². The zero-order valence-electron chi connectivity index (χ0n) is 17.4. The van der Waals surface area contributed by atoms with Gasteiger partial charge in [0.1, 0.15) is 11.5 Å². The fraction of sp³-hybridized carbons (Fsp3) is 0.174. The first-order chi connectivity index (χ1) is 15.0. The summed E-state index contributed by atoms with van der Waals surface area (Å²) in [7, 11) is -3.78. The van der Waals surface area contributed by atoms with Crippen LogP contribution in [0.5, 0.6) is 11.5 Å². The van der Waals surface area contributed by atoms with Gasteiger partial charge in [0.05, 0.1) is 15.8 Å². The third-order valence-corrected chi connectivity index (χ3v) is 6.46. The molecule has 0 aromatic heterocycles. The Kier molecular flexibility index (Phi) is 7.61. The first-order valence-electron chi connectivity index (χ1n) is 9.71. The summed E-state index contributed by atoms with van der Waals surface area (Å²) >= 11 is 9.57. The Morgan fingerprint density at radius 3 is 2.38 bits per heavy atom. The number of anilines is 1. The molecule has 0 aliphatic rings. The third-order valence-electron chi connectivity index (χ3n) is 4.64. The number of nitrogens with one attached hydrogen (secondary N) is 1. The number of primary sulfonamides is 1. The maximum absolute atomic E-state index is 12.5. The molecule has 0 heterocycles. The van der Waals surface area contributed by atoms with Gasteiger partial charge in [-0.05, 0) is 75.4 Å². The Labute approximate surface area is 200 Å². The average Bonchev–Trinajstić information content (AvgIpc) is 2.70. The monoisotopic (exact) mass is 536 g/mol. The van der Waals surface area contributed by atoms with Gasteiger partial charge in [-0.3, -0.25) is 4.79 Å². The van der Waals surface area contributed by atoms with Crippen LogP contribution >= 0.6 is 27.5 Å². The van der Waals surface area contributed by atoms with Crippen molar-refractivity contribution in [3.63, 3.8) is 0 Å². The van der Waals surface area contributed by atoms with E-state index in [2.05, 4.69) is 35.1 Å². The van der Waals surface area contributed by atoms with E-state index in [0.717, 1.165) is 15.6 Å². The summed E-state index contributed by atoms with van der Waals surface area (Å²) in [6, 6.07) is 16.6. The van der Waals surface area contributed by atoms with Crippen LogP contribution in [0.4, 0.5) is 5.69 Å². The quantitative estimate of drug-likeness (QED) is 0.395. The number of ether oxygens (including phenoxy) is 1. The number of hydrogen-bond acceptors (Lipinski definition) is 4. The highest BCUT2D eigenvalue weighted by Crippen LogP contribution is 2.36. The van der Waals surface area contributed by atoms with Crippen molar-refractivity contribution in [2.75, 3.05) is 5.32 Å². The summed E-state index contributed by atoms with van der Waals surface area (Å²) in [5.41, 5.74) is 2.24. The lowest BCUT2D eigenvalue weighted by Crippen LogP contribution is -2.15. The van der Waals surface area contributed by atoms with Crippen molar-refractivity contribution in [1.82, 2.24) is 0 Å². The zero-order valence-corrected chi connectivity index (χ0v) is 20.6. The number of sulfonamides is 1. The van der Waals surface area contributed by atoms with Crippen molar-refractivity contribution >= 4 is 49.1 Å². The molecule has 6 nitrogen and oxygen atoms in total. The smallest absolute Gasteiger partial charge is 0.238 e. The lowest BCUT2D eigenvalue weighted by molar-refractivity contribution is -0.115. The second-order valence-electron chi connectivity index (χ2n) is 7.50. The van der Waals surface area contributed by atoms with Crippen LogP contribution in [0.1, 0.15) is 30.9 Å². The molecule has 168 valence electrons. The van der Waals surface area contributed by atoms with Crippen LogP contribution in [0.25, 0.3) is 0 Å². The number of carbonyl (C=O) groups is 1. The normalized spacial score (nSPS) is 11.4. The number of hydrogen-bond donors (Lipinski definition) is 2. The SMILES string of the molecule is CC(C)c1ccc(CC(=O)Nc2ccc(S(N)(=O)=O)cc2)cc1Oc1cc(Cl)ccc1Br. The second kappa shape index (κ2) is 10.0. The van der Waals surface area contributed by atoms with Gasteiger partial charge in [0.25, 0.3) is 0 Å². The summed E-state index contributed by atoms with van der Waals surface area (Å²) in [5.74, 6) is 1.19. The Morgan fingerprint density at radius 2 is 1.75 bits per heavy atom. The minimum atomic E-state index is -3.78. The molecule has 0 aliphatic carbocycles. The van der Waals surface area contributed by atoms with E-state index in [1.165, 1.54) is 24.3 Å². The molecular formula is C23H22BrClN2O4S. The number of nitrogens with two attached hydrogens (primary N) is 1. The van der Waals surface area contributed by atoms with Crippen molar-refractivity contribution in [2.45, 2.75) is 31.1 Å². The predicted octanol–water partition coefficient (Wildman–Crippen LogP) is 5.85. The fourth-order valence-electron chi connectivity index (χ4n) is 3.05. The van der Waals surface area contributed by atoms with Crippen molar-refractivity contribution in [3.8, 4) is 11.5 Å². The largest absolute Gasteiger partial charge is 0.456 e. The van der Waals surface area contributed by atoms with Gasteiger partial charge in [0, 0.05) is 16.8 Å². The molecule has 0 fully saturated rings. The first kappa shape index (κ1) is 24.3. The molecule has 3 aromatic rings. The van der Waals surface area contributed by atoms with Crippen molar-refractivity contribution in [2.24, 2.45) is 5.14 Å². The van der Waals surface area contributed by atoms with E-state index >= 15 is 0 Å². The lowest BCUT2D eigenvalue weighted by atomic mass is 9.99. The first-order valence-corrected chi connectivity index (χ1v) is 12.4. The third kappa shape index (κ3) is 6.32. The molecule has 0 radical (unpaired) electrons. The van der Waals surface area contributed by atoms with E-state index in [1.54, 1.807) is 12.1 Å². The van der Waals surface area contributed by atoms with E-state index in [0.29, 0.717) is 22.2 Å². The molecule has 3 rings (SSSR count). The van der Waals surface area contributed by atoms with Gasteiger partial charge in [-0.25, -0.2) is 13.6 Å². The molecule has 9 heteroatoms. The zero-order chi connectivity index (χ0) is 23.5. The Balaban J connectivity index is 1.78. The van der Waals surface area contributed by atoms with Crippen LogP contribution in [-0.2, 0) is 21.2 Å². The number of rotatable bonds is 7. The van der Waals surface area contributed by atoms with Crippen LogP contribution in [0.3, 0.4) is 0 Å². The highest BCUT2D eigenvalue weighted by Gasteiger charge is 2.14. The molecule has 0 atom stereocenters. The Bertz CT molecular complexity index is 1250. The maximum atomic E-state index is 12.5. The molecular weight excluding hydrogens is 516 g/mol. The molecule has 0 saturated carbocycles. The summed E-state index contributed by atoms with van der Waals surface area (Å²) < 4.78 is 29.6. The predicted molar refractivity (Wildman–Crippen MR) is 130 cm³/mol. The van der Waals surface area contributed by atoms with E-state index in [4.69, 9.17) is 21.5 Å². The van der Waals surface area contributed by atoms with E-state index in [9.17, 15) is 13.2 Å². The molecule has 0 saturated heterocycles. The van der Waals surface area contributed by atoms with Gasteiger partial charge in [-0.2, -0.15) is 0 Å². The summed E-state index contributed by atoms with van der Waals surface area (Å²) in [6.45, 7) is 4.12. The van der Waals surface area contributed by atoms with Crippen LogP contribution in [0.15, 0.2) is 70.0 Å². The van der Waals surface area contributed by atoms with Gasteiger partial charge in [0.2, 0.25) is 15.9 Å². The average molecular weight is 538 g/mol. The van der Waals surface area contributed by atoms with Gasteiger partial charge in [-0.1, -0.05) is 37.6 Å². The minimum Gasteiger partial charge on any atom is -0.456 e. The number of benzene rings is 3. The Morgan fingerprint density at radius 1 is 1.06 bits per heavy atom. The van der Waals surface area contributed by atoms with Crippen molar-refractivity contribution < 1.29 is 17.9 Å². The standard InChI is InChI=1S/C23H22BrClN2O4S/c1-14(2)19-9-3-15(11-21(19)31-22-13-16(25)4-10-20(22)24)12-23(28)27-17-5-7-18(8-6-17)32(26,29)30/h3-11,13-14H,12H2,1-2H3,(H,27,28)(H2,26,29,30). The topological polar surface area (TPSA) is 98.5 Å². The molecule has 0 aliphatic heterocycles. The molecule has 3 N–H and O–H groups in total. The number of amides is 1. The van der Waals surface area contributed by atoms with Gasteiger partial charge in [0.15, 0.2) is 0 Å². The molecule has 0 unspecified atom stereocenters. The molecule has 3 aromatic carbocycles. The molecule has 0 bridgehead atoms. The van der Waals surface area contributed by atoms with Gasteiger partial charge >= 0.3 is 0 Å². The van der Waals surface area contributed by atoms with E-state index in [1.807, 2.05) is 24.3 Å². The highest BCUT2D eigenvalue weighted by atomic mass is 79.9. The summed E-state index contributed by atoms with van der Waals surface area (Å²) in [4.78, 5) is 12.5. The van der Waals surface area contributed by atoms with Crippen LogP contribution in [0, 0.1) is 0 Å². The second-order valence-corrected chi connectivity index (χ2v) is 10.4. The Hall–Kier alpha value is -2.39. The minimum absolute atomic E-state index is 0.0197. The van der Waals surface area contributed by atoms with Crippen molar-refractivity contribution in [3.05, 3.63) is 81.3 Å². The van der Waals surface area contributed by atoms with Crippen LogP contribution in [-0.4, -0.2) is 14.3 Å². The van der Waals surface area contributed by atoms with Crippen LogP contribution < -0.4 is 15.2 Å². The summed E-state index contributed by atoms with van der Waals surface area (Å²) in [6.07, 6.45) is 0.113. The fourth-order valence-corrected chi connectivity index (χ4v) is 4.05. The molecule has 32 heavy (non-hydrogen) atoms. The van der Waals surface area contributed by atoms with Crippen LogP contribution in [0.2, 0.25) is 5.02 Å². The van der Waals surface area contributed by atoms with E-state index < -0.39 is 10.0 Å². The maximum Gasteiger partial charge on any atom is 0.238 e. The summed E-state index contributed by atoms with van der Waals surface area (Å²) in [5, 5.41) is 8.40. The highest BCUT2D eigenvalue weighted by molar-refractivity contribution is 9.10. The number of halogens is 2. The van der Waals surface area contributed by atoms with Crippen molar-refractivity contribution in [1.29, 1.82) is 0 Å². The molecule has 1 amide bonds. The molecule has 0 spiro atoms.